The number of aromatic nitrogens is 2. The number of para-hydroxylation sites is 1. The number of nitrogens with zero attached hydrogens (tertiary/aromatic N) is 3. The van der Waals surface area contributed by atoms with Crippen LogP contribution in [0.25, 0.3) is 11.3 Å². The molecule has 0 bridgehead atoms. The van der Waals surface area contributed by atoms with Gasteiger partial charge in [-0.25, -0.2) is 14.8 Å². The Bertz CT molecular complexity index is 1180. The fourth-order valence-corrected chi connectivity index (χ4v) is 4.00. The SMILES string of the molecule is N#Cc1cccc(-c2ccnc(N[C@H]3CO[C@H]4[C@H]3OC[C@@H]4OC(=O)Nc3ccccc3)n2)c1. The number of nitrogens with one attached hydrogen (secondary N) is 2. The van der Waals surface area contributed by atoms with E-state index >= 15 is 0 Å². The summed E-state index contributed by atoms with van der Waals surface area (Å²) in [5, 5.41) is 15.1. The van der Waals surface area contributed by atoms with Gasteiger partial charge in [-0.15, -0.1) is 0 Å². The maximum atomic E-state index is 12.2. The lowest BCUT2D eigenvalue weighted by Gasteiger charge is -2.18. The molecule has 0 radical (unpaired) electrons. The minimum atomic E-state index is -0.550. The molecule has 2 saturated heterocycles. The van der Waals surface area contributed by atoms with Crippen LogP contribution in [0.15, 0.2) is 66.9 Å². The number of nitriles is 1. The molecule has 9 heteroatoms. The molecule has 2 N–H and O–H groups in total. The van der Waals surface area contributed by atoms with Crippen molar-refractivity contribution in [2.24, 2.45) is 0 Å². The lowest BCUT2D eigenvalue weighted by atomic mass is 10.1. The summed E-state index contributed by atoms with van der Waals surface area (Å²) in [6, 6.07) is 20.1. The minimum absolute atomic E-state index is 0.193. The molecule has 2 aliphatic heterocycles. The van der Waals surface area contributed by atoms with E-state index in [1.54, 1.807) is 36.5 Å². The number of carbonyl (C=O) groups excluding carboxylic acids is 1. The molecule has 4 atom stereocenters. The highest BCUT2D eigenvalue weighted by atomic mass is 16.6. The number of ether oxygens (including phenoxy) is 3. The fraction of sp³-hybridized carbons (Fsp3) is 0.250. The number of amides is 1. The van der Waals surface area contributed by atoms with Crippen molar-refractivity contribution in [3.05, 3.63) is 72.4 Å². The highest BCUT2D eigenvalue weighted by Gasteiger charge is 2.49. The molecule has 5 rings (SSSR count). The van der Waals surface area contributed by atoms with Crippen LogP contribution in [-0.4, -0.2) is 53.6 Å². The van der Waals surface area contributed by atoms with Crippen molar-refractivity contribution in [1.82, 2.24) is 9.97 Å². The Hall–Kier alpha value is -4.00. The second-order valence-corrected chi connectivity index (χ2v) is 7.74. The van der Waals surface area contributed by atoms with Crippen molar-refractivity contribution in [3.63, 3.8) is 0 Å². The standard InChI is InChI=1S/C24H21N5O4/c25-12-15-5-4-6-16(11-15)18-9-10-26-23(28-18)29-19-13-31-22-20(14-32-21(19)22)33-24(30)27-17-7-2-1-3-8-17/h1-11,19-22H,13-14H2,(H,27,30)(H,26,28,29)/t19-,20-,21-,22+/m0/s1. The lowest BCUT2D eigenvalue weighted by molar-refractivity contribution is 0.00917. The molecule has 33 heavy (non-hydrogen) atoms. The summed E-state index contributed by atoms with van der Waals surface area (Å²) in [6.07, 6.45) is -0.0717. The molecular formula is C24H21N5O4. The number of fused-ring (bicyclic) bond motifs is 1. The van der Waals surface area contributed by atoms with Gasteiger partial charge in [0.05, 0.1) is 36.6 Å². The maximum absolute atomic E-state index is 12.2. The number of hydrogen-bond acceptors (Lipinski definition) is 8. The summed E-state index contributed by atoms with van der Waals surface area (Å²) in [7, 11) is 0. The number of anilines is 2. The van der Waals surface area contributed by atoms with E-state index in [4.69, 9.17) is 19.5 Å². The molecule has 9 nitrogen and oxygen atoms in total. The first-order valence-electron chi connectivity index (χ1n) is 10.6. The topological polar surface area (TPSA) is 118 Å². The summed E-state index contributed by atoms with van der Waals surface area (Å²) in [5.74, 6) is 0.430. The van der Waals surface area contributed by atoms with Crippen LogP contribution in [0.1, 0.15) is 5.56 Å². The van der Waals surface area contributed by atoms with Gasteiger partial charge in [-0.1, -0.05) is 30.3 Å². The zero-order valence-corrected chi connectivity index (χ0v) is 17.5. The molecule has 3 heterocycles. The van der Waals surface area contributed by atoms with Crippen LogP contribution in [0.2, 0.25) is 0 Å². The van der Waals surface area contributed by atoms with Crippen LogP contribution in [0.5, 0.6) is 0 Å². The van der Waals surface area contributed by atoms with E-state index in [0.717, 1.165) is 5.56 Å². The van der Waals surface area contributed by atoms with Gasteiger partial charge < -0.3 is 19.5 Å². The third-order valence-corrected chi connectivity index (χ3v) is 5.54. The predicted molar refractivity (Wildman–Crippen MR) is 119 cm³/mol. The monoisotopic (exact) mass is 443 g/mol. The zero-order valence-electron chi connectivity index (χ0n) is 17.5. The van der Waals surface area contributed by atoms with Crippen molar-refractivity contribution < 1.29 is 19.0 Å². The van der Waals surface area contributed by atoms with Crippen LogP contribution in [0, 0.1) is 11.3 Å². The highest BCUT2D eigenvalue weighted by molar-refractivity contribution is 5.84. The Morgan fingerprint density at radius 1 is 1.06 bits per heavy atom. The van der Waals surface area contributed by atoms with Crippen molar-refractivity contribution in [2.45, 2.75) is 24.4 Å². The number of carbonyl (C=O) groups is 1. The summed E-state index contributed by atoms with van der Waals surface area (Å²) >= 11 is 0. The first kappa shape index (κ1) is 20.9. The quantitative estimate of drug-likeness (QED) is 0.617. The number of hydrogen-bond donors (Lipinski definition) is 2. The van der Waals surface area contributed by atoms with Gasteiger partial charge in [0.25, 0.3) is 0 Å². The van der Waals surface area contributed by atoms with Gasteiger partial charge in [-0.3, -0.25) is 5.32 Å². The number of benzene rings is 2. The largest absolute Gasteiger partial charge is 0.441 e. The fourth-order valence-electron chi connectivity index (χ4n) is 4.00. The highest BCUT2D eigenvalue weighted by Crippen LogP contribution is 2.31. The second-order valence-electron chi connectivity index (χ2n) is 7.74. The van der Waals surface area contributed by atoms with Crippen LogP contribution < -0.4 is 10.6 Å². The third-order valence-electron chi connectivity index (χ3n) is 5.54. The van der Waals surface area contributed by atoms with Crippen molar-refractivity contribution in [3.8, 4) is 17.3 Å². The van der Waals surface area contributed by atoms with E-state index < -0.39 is 12.2 Å². The molecule has 0 aliphatic carbocycles. The third kappa shape index (κ3) is 4.62. The molecule has 1 aromatic heterocycles. The summed E-state index contributed by atoms with van der Waals surface area (Å²) in [5.41, 5.74) is 2.75. The minimum Gasteiger partial charge on any atom is -0.441 e. The van der Waals surface area contributed by atoms with Crippen molar-refractivity contribution in [2.75, 3.05) is 23.8 Å². The summed E-state index contributed by atoms with van der Waals surface area (Å²) in [6.45, 7) is 0.616. The van der Waals surface area contributed by atoms with Gasteiger partial charge in [0.15, 0.2) is 6.10 Å². The van der Waals surface area contributed by atoms with E-state index in [9.17, 15) is 4.79 Å². The van der Waals surface area contributed by atoms with Gasteiger partial charge in [0.1, 0.15) is 12.2 Å². The first-order valence-corrected chi connectivity index (χ1v) is 10.6. The van der Waals surface area contributed by atoms with Crippen molar-refractivity contribution >= 4 is 17.7 Å². The van der Waals surface area contributed by atoms with Crippen LogP contribution in [0.4, 0.5) is 16.4 Å². The average molecular weight is 443 g/mol. The molecule has 0 spiro atoms. The Labute approximate surface area is 190 Å². The Balaban J connectivity index is 1.21. The van der Waals surface area contributed by atoms with Gasteiger partial charge >= 0.3 is 6.09 Å². The molecule has 2 aliphatic rings. The lowest BCUT2D eigenvalue weighted by Crippen LogP contribution is -2.38. The Morgan fingerprint density at radius 2 is 1.91 bits per heavy atom. The number of rotatable bonds is 5. The Morgan fingerprint density at radius 3 is 2.76 bits per heavy atom. The molecule has 1 amide bonds. The van der Waals surface area contributed by atoms with E-state index in [0.29, 0.717) is 29.5 Å². The molecule has 0 unspecified atom stereocenters. The normalized spacial score (nSPS) is 23.4. The molecular weight excluding hydrogens is 422 g/mol. The molecule has 2 aromatic carbocycles. The van der Waals surface area contributed by atoms with E-state index in [1.807, 2.05) is 30.3 Å². The van der Waals surface area contributed by atoms with Gasteiger partial charge in [-0.05, 0) is 30.3 Å². The van der Waals surface area contributed by atoms with Crippen LogP contribution >= 0.6 is 0 Å². The molecule has 2 fully saturated rings. The Kier molecular flexibility index (Phi) is 5.85. The van der Waals surface area contributed by atoms with E-state index in [2.05, 4.69) is 26.7 Å². The second kappa shape index (κ2) is 9.24. The predicted octanol–water partition coefficient (Wildman–Crippen LogP) is 3.21. The van der Waals surface area contributed by atoms with E-state index in [-0.39, 0.29) is 24.9 Å². The molecule has 3 aromatic rings. The molecule has 0 saturated carbocycles. The van der Waals surface area contributed by atoms with E-state index in [1.165, 1.54) is 0 Å². The van der Waals surface area contributed by atoms with Gasteiger partial charge in [0.2, 0.25) is 5.95 Å². The molecule has 166 valence electrons. The van der Waals surface area contributed by atoms with Gasteiger partial charge in [-0.2, -0.15) is 5.26 Å². The van der Waals surface area contributed by atoms with Crippen LogP contribution in [0.3, 0.4) is 0 Å². The summed E-state index contributed by atoms with van der Waals surface area (Å²) in [4.78, 5) is 21.1. The summed E-state index contributed by atoms with van der Waals surface area (Å²) < 4.78 is 17.3. The smallest absolute Gasteiger partial charge is 0.412 e. The van der Waals surface area contributed by atoms with Gasteiger partial charge in [0, 0.05) is 17.4 Å². The first-order chi connectivity index (χ1) is 16.2. The van der Waals surface area contributed by atoms with Crippen LogP contribution in [-0.2, 0) is 14.2 Å². The zero-order chi connectivity index (χ0) is 22.6. The van der Waals surface area contributed by atoms with Crippen molar-refractivity contribution in [1.29, 1.82) is 5.26 Å². The average Bonchev–Trinajstić information content (AvgIpc) is 3.43. The maximum Gasteiger partial charge on any atom is 0.412 e.